The van der Waals surface area contributed by atoms with Crippen molar-refractivity contribution in [3.8, 4) is 0 Å². The van der Waals surface area contributed by atoms with E-state index >= 15 is 0 Å². The molecule has 1 rings (SSSR count). The number of carboxylic acids is 1. The molecule has 0 heterocycles. The van der Waals surface area contributed by atoms with Crippen molar-refractivity contribution in [2.45, 2.75) is 44.6 Å². The molecule has 7 heteroatoms. The second-order valence-electron chi connectivity index (χ2n) is 4.46. The van der Waals surface area contributed by atoms with Crippen LogP contribution in [0.3, 0.4) is 0 Å². The molecule has 120 valence electrons. The minimum Gasteiger partial charge on any atom is -0.481 e. The second kappa shape index (κ2) is 9.49. The average Bonchev–Trinajstić information content (AvgIpc) is 2.38. The number of carboxylic acid groups (broad SMARTS) is 1. The molecule has 21 heavy (non-hydrogen) atoms. The highest BCUT2D eigenvalue weighted by Gasteiger charge is 2.15. The quantitative estimate of drug-likeness (QED) is 0.778. The summed E-state index contributed by atoms with van der Waals surface area (Å²) >= 11 is 0. The highest BCUT2D eigenvalue weighted by molar-refractivity contribution is 7.86. The van der Waals surface area contributed by atoms with Crippen LogP contribution in [0.2, 0.25) is 0 Å². The van der Waals surface area contributed by atoms with Crippen molar-refractivity contribution in [1.29, 1.82) is 0 Å². The van der Waals surface area contributed by atoms with Gasteiger partial charge in [0.25, 0.3) is 16.1 Å². The number of carbonyl (C=O) groups is 1. The lowest BCUT2D eigenvalue weighted by Crippen LogP contribution is -2.13. The monoisotopic (exact) mass is 318 g/mol. The largest absolute Gasteiger partial charge is 0.481 e. The molecule has 1 aromatic rings. The van der Waals surface area contributed by atoms with Crippen LogP contribution in [-0.4, -0.2) is 37.3 Å². The van der Waals surface area contributed by atoms with Gasteiger partial charge in [-0.2, -0.15) is 8.42 Å². The van der Waals surface area contributed by atoms with E-state index in [1.165, 1.54) is 12.1 Å². The summed E-state index contributed by atoms with van der Waals surface area (Å²) in [5.74, 6) is -0.833. The molecule has 1 aromatic carbocycles. The van der Waals surface area contributed by atoms with E-state index in [2.05, 4.69) is 0 Å². The molecule has 0 fully saturated rings. The molecule has 0 saturated heterocycles. The zero-order chi connectivity index (χ0) is 16.5. The summed E-state index contributed by atoms with van der Waals surface area (Å²) in [6, 6.07) is 6.47. The normalized spacial score (nSPS) is 12.2. The first kappa shape index (κ1) is 19.6. The topological polar surface area (TPSA) is 101 Å². The first-order valence-electron chi connectivity index (χ1n) is 6.52. The summed E-state index contributed by atoms with van der Waals surface area (Å²) in [6.07, 6.45) is 0.401. The van der Waals surface area contributed by atoms with Gasteiger partial charge in [0.1, 0.15) is 0 Å². The Hall–Kier alpha value is -1.44. The van der Waals surface area contributed by atoms with E-state index in [-0.39, 0.29) is 11.5 Å². The number of aliphatic hydroxyl groups is 1. The Morgan fingerprint density at radius 1 is 1.29 bits per heavy atom. The molecule has 0 aliphatic rings. The van der Waals surface area contributed by atoms with Crippen LogP contribution in [0.5, 0.6) is 0 Å². The molecule has 0 aromatic heterocycles. The van der Waals surface area contributed by atoms with E-state index in [1.807, 2.05) is 13.8 Å². The predicted octanol–water partition coefficient (Wildman–Crippen LogP) is 1.95. The van der Waals surface area contributed by atoms with Gasteiger partial charge in [0.05, 0.1) is 17.6 Å². The predicted molar refractivity (Wildman–Crippen MR) is 78.5 cm³/mol. The highest BCUT2D eigenvalue weighted by Crippen LogP contribution is 2.13. The molecule has 0 aliphatic carbocycles. The van der Waals surface area contributed by atoms with E-state index < -0.39 is 22.2 Å². The maximum Gasteiger partial charge on any atom is 0.300 e. The maximum absolute atomic E-state index is 11.7. The zero-order valence-electron chi connectivity index (χ0n) is 12.4. The van der Waals surface area contributed by atoms with Gasteiger partial charge in [-0.05, 0) is 31.9 Å². The zero-order valence-corrected chi connectivity index (χ0v) is 13.3. The Kier molecular flexibility index (Phi) is 8.84. The number of rotatable bonds is 6. The molecule has 0 bridgehead atoms. The van der Waals surface area contributed by atoms with Crippen molar-refractivity contribution in [2.75, 3.05) is 6.61 Å². The van der Waals surface area contributed by atoms with Crippen LogP contribution >= 0.6 is 0 Å². The molecular formula is C14H22O6S. The second-order valence-corrected chi connectivity index (χ2v) is 6.07. The van der Waals surface area contributed by atoms with Crippen LogP contribution in [-0.2, 0) is 19.1 Å². The number of hydrogen-bond acceptors (Lipinski definition) is 5. The minimum absolute atomic E-state index is 0.00518. The molecule has 6 nitrogen and oxygen atoms in total. The Morgan fingerprint density at radius 2 is 1.76 bits per heavy atom. The van der Waals surface area contributed by atoms with Gasteiger partial charge >= 0.3 is 0 Å². The molecule has 0 spiro atoms. The van der Waals surface area contributed by atoms with Crippen LogP contribution in [0.4, 0.5) is 0 Å². The smallest absolute Gasteiger partial charge is 0.300 e. The van der Waals surface area contributed by atoms with E-state index in [0.717, 1.165) is 12.5 Å². The van der Waals surface area contributed by atoms with Crippen LogP contribution in [0.25, 0.3) is 0 Å². The van der Waals surface area contributed by atoms with Crippen molar-refractivity contribution >= 4 is 16.1 Å². The van der Waals surface area contributed by atoms with Crippen molar-refractivity contribution in [3.63, 3.8) is 0 Å². The third kappa shape index (κ3) is 9.17. The molecule has 2 N–H and O–H groups in total. The van der Waals surface area contributed by atoms with E-state index in [9.17, 15) is 13.5 Å². The number of aryl methyl sites for hydroxylation is 1. The Bertz CT molecular complexity index is 517. The summed E-state index contributed by atoms with van der Waals surface area (Å²) in [5, 5.41) is 16.7. The molecule has 1 atom stereocenters. The lowest BCUT2D eigenvalue weighted by Gasteiger charge is -2.08. The van der Waals surface area contributed by atoms with Crippen molar-refractivity contribution in [2.24, 2.45) is 0 Å². The summed E-state index contributed by atoms with van der Waals surface area (Å²) in [4.78, 5) is 9.15. The van der Waals surface area contributed by atoms with Gasteiger partial charge in [0.15, 0.2) is 0 Å². The van der Waals surface area contributed by atoms with Gasteiger partial charge in [-0.3, -0.25) is 8.98 Å². The van der Waals surface area contributed by atoms with E-state index in [4.69, 9.17) is 14.1 Å². The molecule has 0 amide bonds. The first-order chi connectivity index (χ1) is 9.69. The van der Waals surface area contributed by atoms with Crippen LogP contribution in [0.15, 0.2) is 29.2 Å². The highest BCUT2D eigenvalue weighted by atomic mass is 32.2. The van der Waals surface area contributed by atoms with E-state index in [0.29, 0.717) is 12.8 Å². The number of aliphatic hydroxyl groups excluding tert-OH is 1. The van der Waals surface area contributed by atoms with Gasteiger partial charge in [-0.15, -0.1) is 0 Å². The van der Waals surface area contributed by atoms with Gasteiger partial charge < -0.3 is 10.2 Å². The fourth-order valence-corrected chi connectivity index (χ4v) is 2.19. The summed E-state index contributed by atoms with van der Waals surface area (Å²) in [7, 11) is -3.69. The Labute approximate surface area is 125 Å². The Morgan fingerprint density at radius 3 is 2.19 bits per heavy atom. The first-order valence-corrected chi connectivity index (χ1v) is 7.93. The number of aliphatic carboxylic acids is 1. The number of hydrogen-bond donors (Lipinski definition) is 2. The van der Waals surface area contributed by atoms with Gasteiger partial charge in [-0.25, -0.2) is 0 Å². The van der Waals surface area contributed by atoms with E-state index in [1.54, 1.807) is 12.1 Å². The maximum atomic E-state index is 11.7. The van der Waals surface area contributed by atoms with Crippen LogP contribution in [0.1, 0.15) is 32.3 Å². The molecule has 0 radical (unpaired) electrons. The molecule has 1 unspecified atom stereocenters. The lowest BCUT2D eigenvalue weighted by atomic mass is 10.2. The Balaban J connectivity index is 0.000000885. The molecule has 0 aliphatic heterocycles. The van der Waals surface area contributed by atoms with Crippen LogP contribution in [0, 0.1) is 6.92 Å². The average molecular weight is 318 g/mol. The minimum atomic E-state index is -3.69. The standard InChI is InChI=1S/C12H18O4S.C2H4O2/c1-3-11(13)8-9-16-17(14,15)12-6-4-10(2)5-7-12;1-2(3)4/h4-7,11,13H,3,8-9H2,1-2H3;1H3,(H,3,4). The van der Waals surface area contributed by atoms with Crippen molar-refractivity contribution < 1.29 is 27.6 Å². The third-order valence-corrected chi connectivity index (χ3v) is 3.80. The fraction of sp³-hybridized carbons (Fsp3) is 0.500. The SMILES string of the molecule is CC(=O)O.CCC(O)CCOS(=O)(=O)c1ccc(C)cc1. The van der Waals surface area contributed by atoms with Crippen molar-refractivity contribution in [1.82, 2.24) is 0 Å². The number of benzene rings is 1. The molecular weight excluding hydrogens is 296 g/mol. The van der Waals surface area contributed by atoms with Gasteiger partial charge in [0.2, 0.25) is 0 Å². The van der Waals surface area contributed by atoms with Crippen molar-refractivity contribution in [3.05, 3.63) is 29.8 Å². The third-order valence-electron chi connectivity index (χ3n) is 2.47. The lowest BCUT2D eigenvalue weighted by molar-refractivity contribution is -0.134. The summed E-state index contributed by atoms with van der Waals surface area (Å²) in [6.45, 7) is 4.80. The summed E-state index contributed by atoms with van der Waals surface area (Å²) in [5.41, 5.74) is 0.991. The van der Waals surface area contributed by atoms with Gasteiger partial charge in [-0.1, -0.05) is 24.6 Å². The van der Waals surface area contributed by atoms with Gasteiger partial charge in [0, 0.05) is 6.92 Å². The fourth-order valence-electron chi connectivity index (χ4n) is 1.27. The summed E-state index contributed by atoms with van der Waals surface area (Å²) < 4.78 is 28.3. The van der Waals surface area contributed by atoms with Crippen LogP contribution < -0.4 is 0 Å². The molecule has 0 saturated carbocycles.